The Morgan fingerprint density at radius 3 is 2.54 bits per heavy atom. The summed E-state index contributed by atoms with van der Waals surface area (Å²) in [6.07, 6.45) is 7.70. The third-order valence-corrected chi connectivity index (χ3v) is 8.22. The van der Waals surface area contributed by atoms with Crippen molar-refractivity contribution in [3.63, 3.8) is 0 Å². The summed E-state index contributed by atoms with van der Waals surface area (Å²) in [7, 11) is 0. The van der Waals surface area contributed by atoms with Crippen LogP contribution >= 0.6 is 11.3 Å². The average molecular weight is 405 g/mol. The van der Waals surface area contributed by atoms with E-state index in [2.05, 4.69) is 12.2 Å². The van der Waals surface area contributed by atoms with E-state index in [4.69, 9.17) is 5.73 Å². The zero-order chi connectivity index (χ0) is 20.0. The number of rotatable bonds is 6. The molecule has 0 unspecified atom stereocenters. The minimum Gasteiger partial charge on any atom is -0.481 e. The number of carboxylic acids is 1. The van der Waals surface area contributed by atoms with Crippen molar-refractivity contribution in [3.8, 4) is 0 Å². The molecule has 1 aromatic rings. The SMILES string of the molecule is CCC[C@H]1CCc2c(sc(NC(=O)[C@@H]3[C@@H]4CC[C@@H](C4)[C@@H]3C(=O)O)c2C(N)=O)C1. The lowest BCUT2D eigenvalue weighted by Gasteiger charge is -2.26. The maximum atomic E-state index is 13.1. The Bertz CT molecular complexity index is 818. The fraction of sp³-hybridized carbons (Fsp3) is 0.667. The van der Waals surface area contributed by atoms with Crippen LogP contribution in [0.4, 0.5) is 5.00 Å². The Hall–Kier alpha value is -1.89. The second-order valence-electron chi connectivity index (χ2n) is 8.68. The molecule has 2 bridgehead atoms. The van der Waals surface area contributed by atoms with Crippen LogP contribution in [0.3, 0.4) is 0 Å². The first-order chi connectivity index (χ1) is 13.4. The number of primary amides is 1. The number of amides is 2. The van der Waals surface area contributed by atoms with Crippen LogP contribution in [0.1, 0.15) is 66.2 Å². The Morgan fingerprint density at radius 2 is 1.89 bits per heavy atom. The minimum absolute atomic E-state index is 0.0974. The van der Waals surface area contributed by atoms with Gasteiger partial charge in [-0.2, -0.15) is 0 Å². The van der Waals surface area contributed by atoms with Crippen LogP contribution < -0.4 is 11.1 Å². The molecule has 4 rings (SSSR count). The van der Waals surface area contributed by atoms with E-state index >= 15 is 0 Å². The summed E-state index contributed by atoms with van der Waals surface area (Å²) < 4.78 is 0. The van der Waals surface area contributed by atoms with Gasteiger partial charge in [0.1, 0.15) is 5.00 Å². The zero-order valence-corrected chi connectivity index (χ0v) is 17.0. The normalized spacial score (nSPS) is 30.8. The van der Waals surface area contributed by atoms with Gasteiger partial charge in [-0.3, -0.25) is 14.4 Å². The number of hydrogen-bond donors (Lipinski definition) is 3. The van der Waals surface area contributed by atoms with Crippen LogP contribution in [0.2, 0.25) is 0 Å². The Kier molecular flexibility index (Phi) is 5.21. The fourth-order valence-electron chi connectivity index (χ4n) is 5.88. The van der Waals surface area contributed by atoms with E-state index in [-0.39, 0.29) is 17.7 Å². The van der Waals surface area contributed by atoms with Gasteiger partial charge in [-0.15, -0.1) is 11.3 Å². The van der Waals surface area contributed by atoms with Gasteiger partial charge in [0.2, 0.25) is 5.91 Å². The van der Waals surface area contributed by atoms with Gasteiger partial charge in [0.15, 0.2) is 0 Å². The van der Waals surface area contributed by atoms with Gasteiger partial charge in [-0.1, -0.05) is 19.8 Å². The predicted octanol–water partition coefficient (Wildman–Crippen LogP) is 3.44. The van der Waals surface area contributed by atoms with Crippen LogP contribution in [-0.4, -0.2) is 22.9 Å². The highest BCUT2D eigenvalue weighted by molar-refractivity contribution is 7.17. The zero-order valence-electron chi connectivity index (χ0n) is 16.2. The smallest absolute Gasteiger partial charge is 0.307 e. The maximum absolute atomic E-state index is 13.1. The molecule has 2 amide bonds. The topological polar surface area (TPSA) is 109 Å². The largest absolute Gasteiger partial charge is 0.481 e. The van der Waals surface area contributed by atoms with Crippen molar-refractivity contribution in [2.24, 2.45) is 35.3 Å². The van der Waals surface area contributed by atoms with E-state index in [9.17, 15) is 19.5 Å². The second kappa shape index (κ2) is 7.50. The van der Waals surface area contributed by atoms with Crippen molar-refractivity contribution in [1.82, 2.24) is 0 Å². The van der Waals surface area contributed by atoms with E-state index < -0.39 is 23.7 Å². The molecular weight excluding hydrogens is 376 g/mol. The summed E-state index contributed by atoms with van der Waals surface area (Å²) >= 11 is 1.46. The number of carbonyl (C=O) groups excluding carboxylic acids is 2. The molecular formula is C21H28N2O4S. The fourth-order valence-corrected chi connectivity index (χ4v) is 7.25. The Balaban J connectivity index is 1.59. The monoisotopic (exact) mass is 404 g/mol. The highest BCUT2D eigenvalue weighted by atomic mass is 32.1. The van der Waals surface area contributed by atoms with Crippen molar-refractivity contribution < 1.29 is 19.5 Å². The van der Waals surface area contributed by atoms with Gasteiger partial charge in [-0.05, 0) is 61.8 Å². The molecule has 7 heteroatoms. The van der Waals surface area contributed by atoms with E-state index in [1.54, 1.807) is 0 Å². The summed E-state index contributed by atoms with van der Waals surface area (Å²) in [4.78, 5) is 38.1. The lowest BCUT2D eigenvalue weighted by molar-refractivity contribution is -0.148. The van der Waals surface area contributed by atoms with E-state index in [1.807, 2.05) is 0 Å². The molecule has 5 atom stereocenters. The van der Waals surface area contributed by atoms with Crippen LogP contribution in [0.5, 0.6) is 0 Å². The molecule has 6 nitrogen and oxygen atoms in total. The molecule has 3 aliphatic rings. The molecule has 0 saturated heterocycles. The van der Waals surface area contributed by atoms with Crippen LogP contribution in [0, 0.1) is 29.6 Å². The van der Waals surface area contributed by atoms with Crippen molar-refractivity contribution in [1.29, 1.82) is 0 Å². The molecule has 0 aromatic carbocycles. The van der Waals surface area contributed by atoms with Gasteiger partial charge in [0.25, 0.3) is 5.91 Å². The number of fused-ring (bicyclic) bond motifs is 3. The minimum atomic E-state index is -0.879. The van der Waals surface area contributed by atoms with Gasteiger partial charge in [0, 0.05) is 4.88 Å². The molecule has 1 aromatic heterocycles. The predicted molar refractivity (Wildman–Crippen MR) is 107 cm³/mol. The average Bonchev–Trinajstić information content (AvgIpc) is 3.33. The second-order valence-corrected chi connectivity index (χ2v) is 9.79. The number of anilines is 1. The summed E-state index contributed by atoms with van der Waals surface area (Å²) in [5.41, 5.74) is 7.10. The first kappa shape index (κ1) is 19.4. The Morgan fingerprint density at radius 1 is 1.18 bits per heavy atom. The number of nitrogens with one attached hydrogen (secondary N) is 1. The molecule has 4 N–H and O–H groups in total. The molecule has 28 heavy (non-hydrogen) atoms. The maximum Gasteiger partial charge on any atom is 0.307 e. The van der Waals surface area contributed by atoms with E-state index in [1.165, 1.54) is 11.3 Å². The summed E-state index contributed by atoms with van der Waals surface area (Å²) in [5.74, 6) is -1.93. The van der Waals surface area contributed by atoms with Crippen LogP contribution in [0.15, 0.2) is 0 Å². The molecule has 2 fully saturated rings. The number of thiophene rings is 1. The van der Waals surface area contributed by atoms with E-state index in [0.29, 0.717) is 16.5 Å². The van der Waals surface area contributed by atoms with Gasteiger partial charge in [0.05, 0.1) is 17.4 Å². The van der Waals surface area contributed by atoms with Crippen molar-refractivity contribution in [2.75, 3.05) is 5.32 Å². The number of hydrogen-bond acceptors (Lipinski definition) is 4. The molecule has 0 spiro atoms. The third kappa shape index (κ3) is 3.23. The van der Waals surface area contributed by atoms with E-state index in [0.717, 1.165) is 61.8 Å². The molecule has 0 radical (unpaired) electrons. The number of nitrogens with two attached hydrogens (primary N) is 1. The summed E-state index contributed by atoms with van der Waals surface area (Å²) in [6.45, 7) is 2.18. The highest BCUT2D eigenvalue weighted by Gasteiger charge is 2.54. The lowest BCUT2D eigenvalue weighted by Crippen LogP contribution is -2.38. The third-order valence-electron chi connectivity index (χ3n) is 7.05. The van der Waals surface area contributed by atoms with Gasteiger partial charge >= 0.3 is 5.97 Å². The van der Waals surface area contributed by atoms with Crippen molar-refractivity contribution in [2.45, 2.75) is 58.3 Å². The Labute approximate surface area is 168 Å². The van der Waals surface area contributed by atoms with Gasteiger partial charge < -0.3 is 16.2 Å². The molecule has 152 valence electrons. The first-order valence-corrected chi connectivity index (χ1v) is 11.2. The number of carbonyl (C=O) groups is 3. The number of aliphatic carboxylic acids is 1. The molecule has 0 aliphatic heterocycles. The quantitative estimate of drug-likeness (QED) is 0.674. The first-order valence-electron chi connectivity index (χ1n) is 10.4. The standard InChI is InChI=1S/C21H28N2O4S/c1-2-3-10-4-7-13-14(8-10)28-20(17(13)18(22)24)23-19(25)15-11-5-6-12(9-11)16(15)21(26)27/h10-12,15-16H,2-9H2,1H3,(H2,22,24)(H,23,25)(H,26,27)/t10-,11+,12-,15+,16-/m0/s1. The molecule has 1 heterocycles. The van der Waals surface area contributed by atoms with Crippen molar-refractivity contribution in [3.05, 3.63) is 16.0 Å². The number of carboxylic acid groups (broad SMARTS) is 1. The molecule has 2 saturated carbocycles. The lowest BCUT2D eigenvalue weighted by atomic mass is 9.78. The van der Waals surface area contributed by atoms with Crippen LogP contribution in [0.25, 0.3) is 0 Å². The van der Waals surface area contributed by atoms with Gasteiger partial charge in [-0.25, -0.2) is 0 Å². The summed E-state index contributed by atoms with van der Waals surface area (Å²) in [6, 6.07) is 0. The van der Waals surface area contributed by atoms with Crippen molar-refractivity contribution >= 4 is 34.1 Å². The highest BCUT2D eigenvalue weighted by Crippen LogP contribution is 2.53. The van der Waals surface area contributed by atoms with Crippen LogP contribution in [-0.2, 0) is 22.4 Å². The summed E-state index contributed by atoms with van der Waals surface area (Å²) in [5, 5.41) is 13.1. The molecule has 3 aliphatic carbocycles.